The fourth-order valence-corrected chi connectivity index (χ4v) is 6.44. The van der Waals surface area contributed by atoms with Gasteiger partial charge >= 0.3 is 0 Å². The van der Waals surface area contributed by atoms with Gasteiger partial charge in [-0.1, -0.05) is 23.5 Å². The van der Waals surface area contributed by atoms with Gasteiger partial charge in [0.05, 0.1) is 16.0 Å². The number of amides is 1. The van der Waals surface area contributed by atoms with Gasteiger partial charge < -0.3 is 5.32 Å². The van der Waals surface area contributed by atoms with E-state index in [0.29, 0.717) is 5.16 Å². The van der Waals surface area contributed by atoms with Crippen molar-refractivity contribution in [3.63, 3.8) is 0 Å². The zero-order valence-corrected chi connectivity index (χ0v) is 19.8. The molecule has 5 nitrogen and oxygen atoms in total. The lowest BCUT2D eigenvalue weighted by molar-refractivity contribution is -0.113. The van der Waals surface area contributed by atoms with Crippen LogP contribution in [-0.2, 0) is 11.2 Å². The number of aryl methyl sites for hydroxylation is 3. The fourth-order valence-electron chi connectivity index (χ4n) is 2.82. The second-order valence-corrected chi connectivity index (χ2v) is 10.8. The second-order valence-electron chi connectivity index (χ2n) is 6.66. The normalized spacial score (nSPS) is 11.1. The Morgan fingerprint density at radius 1 is 1.07 bits per heavy atom. The first-order chi connectivity index (χ1) is 14.5. The Morgan fingerprint density at radius 2 is 1.90 bits per heavy atom. The maximum Gasteiger partial charge on any atom is 0.234 e. The van der Waals surface area contributed by atoms with E-state index >= 15 is 0 Å². The number of thiophene rings is 1. The molecule has 0 bridgehead atoms. The average molecular weight is 473 g/mol. The SMILES string of the molecule is Cc1cc(C)nc(SCC(=O)Nc2ccc3nc(SCCc4ccsc4)sc3c2)n1. The highest BCUT2D eigenvalue weighted by molar-refractivity contribution is 8.01. The highest BCUT2D eigenvalue weighted by atomic mass is 32.2. The van der Waals surface area contributed by atoms with E-state index < -0.39 is 0 Å². The van der Waals surface area contributed by atoms with Crippen molar-refractivity contribution >= 4 is 68.0 Å². The molecule has 0 aliphatic rings. The minimum absolute atomic E-state index is 0.0722. The van der Waals surface area contributed by atoms with Gasteiger partial charge in [0.2, 0.25) is 5.91 Å². The lowest BCUT2D eigenvalue weighted by atomic mass is 10.3. The smallest absolute Gasteiger partial charge is 0.234 e. The molecule has 0 saturated carbocycles. The fraction of sp³-hybridized carbons (Fsp3) is 0.238. The third-order valence-electron chi connectivity index (χ3n) is 4.14. The van der Waals surface area contributed by atoms with Crippen molar-refractivity contribution in [1.29, 1.82) is 0 Å². The lowest BCUT2D eigenvalue weighted by Crippen LogP contribution is -2.14. The van der Waals surface area contributed by atoms with E-state index in [2.05, 4.69) is 32.1 Å². The van der Waals surface area contributed by atoms with Crippen LogP contribution in [0.25, 0.3) is 10.2 Å². The van der Waals surface area contributed by atoms with Crippen LogP contribution >= 0.6 is 46.2 Å². The molecule has 1 N–H and O–H groups in total. The standard InChI is InChI=1S/C21H20N4OS4/c1-13-9-14(2)23-20(22-13)29-12-19(26)24-16-3-4-17-18(10-16)30-21(25-17)28-8-6-15-5-7-27-11-15/h3-5,7,9-11H,6,8,12H2,1-2H3,(H,24,26). The maximum atomic E-state index is 12.3. The number of thioether (sulfide) groups is 2. The number of carbonyl (C=O) groups is 1. The Kier molecular flexibility index (Phi) is 7.04. The van der Waals surface area contributed by atoms with Crippen LogP contribution in [0.15, 0.2) is 50.6 Å². The van der Waals surface area contributed by atoms with Crippen LogP contribution in [0.1, 0.15) is 17.0 Å². The van der Waals surface area contributed by atoms with E-state index in [1.165, 1.54) is 17.3 Å². The average Bonchev–Trinajstić information content (AvgIpc) is 3.35. The van der Waals surface area contributed by atoms with Crippen LogP contribution in [0.5, 0.6) is 0 Å². The van der Waals surface area contributed by atoms with Gasteiger partial charge in [0.25, 0.3) is 0 Å². The Balaban J connectivity index is 1.32. The molecule has 4 rings (SSSR count). The third kappa shape index (κ3) is 5.81. The first-order valence-electron chi connectivity index (χ1n) is 9.34. The van der Waals surface area contributed by atoms with Crippen LogP contribution in [0.4, 0.5) is 5.69 Å². The molecule has 0 saturated heterocycles. The minimum atomic E-state index is -0.0722. The zero-order valence-electron chi connectivity index (χ0n) is 16.5. The van der Waals surface area contributed by atoms with E-state index in [9.17, 15) is 4.79 Å². The summed E-state index contributed by atoms with van der Waals surface area (Å²) in [5, 5.41) is 7.90. The van der Waals surface area contributed by atoms with Gasteiger partial charge in [0.1, 0.15) is 0 Å². The molecule has 3 aromatic heterocycles. The Bertz CT molecular complexity index is 1140. The number of anilines is 1. The number of hydrogen-bond donors (Lipinski definition) is 1. The molecule has 0 atom stereocenters. The summed E-state index contributed by atoms with van der Waals surface area (Å²) in [5.41, 5.74) is 4.94. The first kappa shape index (κ1) is 21.3. The minimum Gasteiger partial charge on any atom is -0.325 e. The Labute approximate surface area is 191 Å². The number of fused-ring (bicyclic) bond motifs is 1. The third-order valence-corrected chi connectivity index (χ3v) is 7.89. The number of nitrogens with one attached hydrogen (secondary N) is 1. The summed E-state index contributed by atoms with van der Waals surface area (Å²) in [4.78, 5) is 25.8. The first-order valence-corrected chi connectivity index (χ1v) is 13.1. The monoisotopic (exact) mass is 472 g/mol. The molecule has 3 heterocycles. The van der Waals surface area contributed by atoms with E-state index in [-0.39, 0.29) is 11.7 Å². The molecule has 0 fully saturated rings. The molecular weight excluding hydrogens is 453 g/mol. The van der Waals surface area contributed by atoms with Crippen LogP contribution < -0.4 is 5.32 Å². The largest absolute Gasteiger partial charge is 0.325 e. The van der Waals surface area contributed by atoms with Crippen LogP contribution in [-0.4, -0.2) is 32.4 Å². The highest BCUT2D eigenvalue weighted by Crippen LogP contribution is 2.31. The van der Waals surface area contributed by atoms with E-state index in [1.54, 1.807) is 34.4 Å². The molecule has 0 aliphatic carbocycles. The van der Waals surface area contributed by atoms with Crippen LogP contribution in [0.2, 0.25) is 0 Å². The summed E-state index contributed by atoms with van der Waals surface area (Å²) < 4.78 is 2.14. The number of aromatic nitrogens is 3. The summed E-state index contributed by atoms with van der Waals surface area (Å²) in [6.45, 7) is 3.86. The van der Waals surface area contributed by atoms with Gasteiger partial charge in [-0.2, -0.15) is 11.3 Å². The number of carbonyl (C=O) groups excluding carboxylic acids is 1. The topological polar surface area (TPSA) is 67.8 Å². The van der Waals surface area contributed by atoms with Crippen molar-refractivity contribution in [1.82, 2.24) is 15.0 Å². The van der Waals surface area contributed by atoms with Gasteiger partial charge in [0, 0.05) is 22.8 Å². The van der Waals surface area contributed by atoms with E-state index in [4.69, 9.17) is 4.98 Å². The summed E-state index contributed by atoms with van der Waals surface area (Å²) >= 11 is 6.53. The van der Waals surface area contributed by atoms with E-state index in [1.807, 2.05) is 38.1 Å². The van der Waals surface area contributed by atoms with Crippen molar-refractivity contribution < 1.29 is 4.79 Å². The van der Waals surface area contributed by atoms with Crippen LogP contribution in [0, 0.1) is 13.8 Å². The molecule has 1 aromatic carbocycles. The summed E-state index contributed by atoms with van der Waals surface area (Å²) in [5.74, 6) is 1.21. The summed E-state index contributed by atoms with van der Waals surface area (Å²) in [6, 6.07) is 9.94. The van der Waals surface area contributed by atoms with Gasteiger partial charge in [-0.25, -0.2) is 15.0 Å². The molecular formula is C21H20N4OS4. The number of rotatable bonds is 8. The molecule has 30 heavy (non-hydrogen) atoms. The van der Waals surface area contributed by atoms with Gasteiger partial charge in [-0.15, -0.1) is 11.3 Å². The predicted octanol–water partition coefficient (Wildman–Crippen LogP) is 5.83. The Morgan fingerprint density at radius 3 is 2.67 bits per heavy atom. The van der Waals surface area contributed by atoms with E-state index in [0.717, 1.165) is 43.8 Å². The number of benzene rings is 1. The van der Waals surface area contributed by atoms with Gasteiger partial charge in [-0.3, -0.25) is 4.79 Å². The summed E-state index contributed by atoms with van der Waals surface area (Å²) in [7, 11) is 0. The molecule has 4 aromatic rings. The zero-order chi connectivity index (χ0) is 20.9. The molecule has 0 spiro atoms. The Hall–Kier alpha value is -1.94. The lowest BCUT2D eigenvalue weighted by Gasteiger charge is -2.05. The molecule has 1 amide bonds. The van der Waals surface area contributed by atoms with Crippen LogP contribution in [0.3, 0.4) is 0 Å². The van der Waals surface area contributed by atoms with Crippen molar-refractivity contribution in [3.05, 3.63) is 58.0 Å². The molecule has 0 aliphatic heterocycles. The number of hydrogen-bond acceptors (Lipinski definition) is 8. The number of nitrogens with zero attached hydrogens (tertiary/aromatic N) is 3. The van der Waals surface area contributed by atoms with Crippen molar-refractivity contribution in [2.24, 2.45) is 0 Å². The highest BCUT2D eigenvalue weighted by Gasteiger charge is 2.09. The number of thiazole rings is 1. The van der Waals surface area contributed by atoms with Crippen molar-refractivity contribution in [3.8, 4) is 0 Å². The molecule has 154 valence electrons. The maximum absolute atomic E-state index is 12.3. The predicted molar refractivity (Wildman–Crippen MR) is 129 cm³/mol. The summed E-state index contributed by atoms with van der Waals surface area (Å²) in [6.07, 6.45) is 1.05. The quantitative estimate of drug-likeness (QED) is 0.257. The van der Waals surface area contributed by atoms with Crippen molar-refractivity contribution in [2.75, 3.05) is 16.8 Å². The molecule has 0 unspecified atom stereocenters. The van der Waals surface area contributed by atoms with Gasteiger partial charge in [-0.05, 0) is 66.9 Å². The van der Waals surface area contributed by atoms with Gasteiger partial charge in [0.15, 0.2) is 9.50 Å². The molecule has 9 heteroatoms. The van der Waals surface area contributed by atoms with Crippen molar-refractivity contribution in [2.45, 2.75) is 29.8 Å². The second kappa shape index (κ2) is 9.91. The molecule has 0 radical (unpaired) electrons.